The number of nitrogens with zero attached hydrogens (tertiary/aromatic N) is 6. The number of anilines is 1. The van der Waals surface area contributed by atoms with Crippen molar-refractivity contribution in [3.8, 4) is 17.1 Å². The number of fused-ring (bicyclic) bond motifs is 1. The summed E-state index contributed by atoms with van der Waals surface area (Å²) in [6, 6.07) is 3.91. The van der Waals surface area contributed by atoms with Gasteiger partial charge in [0.2, 0.25) is 0 Å². The largest absolute Gasteiger partial charge is 0.472 e. The van der Waals surface area contributed by atoms with Gasteiger partial charge in [0.15, 0.2) is 5.82 Å². The molecular formula is C23H26FN7O. The molecule has 5 rings (SSSR count). The fraction of sp³-hybridized carbons (Fsp3) is 0.391. The molecule has 0 saturated heterocycles. The second kappa shape index (κ2) is 8.22. The Balaban J connectivity index is 1.41. The number of pyridine rings is 2. The normalized spacial score (nSPS) is 18.8. The molecule has 0 atom stereocenters. The highest BCUT2D eigenvalue weighted by Gasteiger charge is 2.28. The van der Waals surface area contributed by atoms with Crippen LogP contribution in [0, 0.1) is 12.7 Å². The molecule has 1 fully saturated rings. The van der Waals surface area contributed by atoms with Gasteiger partial charge in [0.1, 0.15) is 17.6 Å². The smallest absolute Gasteiger partial charge is 0.250 e. The third-order valence-corrected chi connectivity index (χ3v) is 6.14. The van der Waals surface area contributed by atoms with E-state index in [0.29, 0.717) is 5.56 Å². The second-order valence-electron chi connectivity index (χ2n) is 8.33. The van der Waals surface area contributed by atoms with Gasteiger partial charge >= 0.3 is 0 Å². The van der Waals surface area contributed by atoms with E-state index in [1.165, 1.54) is 0 Å². The zero-order chi connectivity index (χ0) is 22.2. The zero-order valence-electron chi connectivity index (χ0n) is 18.4. The number of aromatic nitrogens is 6. The number of nitrogens with one attached hydrogen (secondary N) is 1. The summed E-state index contributed by atoms with van der Waals surface area (Å²) in [5.41, 5.74) is 3.43. The topological polar surface area (TPSA) is 82.7 Å². The van der Waals surface area contributed by atoms with Crippen LogP contribution in [0.15, 0.2) is 36.9 Å². The minimum absolute atomic E-state index is 0.0517. The maximum atomic E-state index is 14.3. The van der Waals surface area contributed by atoms with Crippen molar-refractivity contribution in [3.05, 3.63) is 48.3 Å². The maximum absolute atomic E-state index is 14.3. The summed E-state index contributed by atoms with van der Waals surface area (Å²) >= 11 is 0. The minimum Gasteiger partial charge on any atom is -0.472 e. The van der Waals surface area contributed by atoms with Gasteiger partial charge in [0.05, 0.1) is 17.8 Å². The summed E-state index contributed by atoms with van der Waals surface area (Å²) in [7, 11) is 3.76. The van der Waals surface area contributed by atoms with Crippen molar-refractivity contribution in [3.63, 3.8) is 0 Å². The Morgan fingerprint density at radius 2 is 1.97 bits per heavy atom. The SMILES string of the molecule is CNc1cc2c(cn1)c(-c1cnn(C)c1)nn2C1CCC(Oc2nccc(C)c2F)CC1. The lowest BCUT2D eigenvalue weighted by molar-refractivity contribution is 0.120. The number of rotatable bonds is 5. The first-order valence-corrected chi connectivity index (χ1v) is 10.9. The molecule has 0 spiro atoms. The molecule has 0 amide bonds. The van der Waals surface area contributed by atoms with Crippen LogP contribution in [-0.4, -0.2) is 42.7 Å². The third kappa shape index (κ3) is 3.68. The van der Waals surface area contributed by atoms with Gasteiger partial charge in [-0.05, 0) is 44.2 Å². The average molecular weight is 436 g/mol. The summed E-state index contributed by atoms with van der Waals surface area (Å²) < 4.78 is 24.1. The van der Waals surface area contributed by atoms with Crippen LogP contribution >= 0.6 is 0 Å². The lowest BCUT2D eigenvalue weighted by Crippen LogP contribution is -2.27. The Bertz CT molecular complexity index is 1260. The lowest BCUT2D eigenvalue weighted by Gasteiger charge is -2.29. The summed E-state index contributed by atoms with van der Waals surface area (Å²) in [5.74, 6) is 0.525. The Kier molecular flexibility index (Phi) is 5.24. The third-order valence-electron chi connectivity index (χ3n) is 6.14. The number of hydrogen-bond donors (Lipinski definition) is 1. The van der Waals surface area contributed by atoms with Crippen molar-refractivity contribution in [2.75, 3.05) is 12.4 Å². The van der Waals surface area contributed by atoms with E-state index in [4.69, 9.17) is 9.84 Å². The number of ether oxygens (including phenoxy) is 1. The average Bonchev–Trinajstić information content (AvgIpc) is 3.40. The summed E-state index contributed by atoms with van der Waals surface area (Å²) in [5, 5.41) is 13.4. The molecule has 1 saturated carbocycles. The van der Waals surface area contributed by atoms with Crippen molar-refractivity contribution >= 4 is 16.7 Å². The van der Waals surface area contributed by atoms with Gasteiger partial charge < -0.3 is 10.1 Å². The molecule has 1 N–H and O–H groups in total. The number of halogens is 1. The molecule has 8 nitrogen and oxygen atoms in total. The van der Waals surface area contributed by atoms with Gasteiger partial charge in [-0.3, -0.25) is 9.36 Å². The van der Waals surface area contributed by atoms with E-state index in [1.807, 2.05) is 38.8 Å². The molecule has 32 heavy (non-hydrogen) atoms. The molecule has 166 valence electrons. The van der Waals surface area contributed by atoms with Gasteiger partial charge in [0.25, 0.3) is 5.88 Å². The van der Waals surface area contributed by atoms with Gasteiger partial charge in [-0.25, -0.2) is 14.4 Å². The monoisotopic (exact) mass is 435 g/mol. The lowest BCUT2D eigenvalue weighted by atomic mass is 9.93. The Labute approximate surface area is 185 Å². The van der Waals surface area contributed by atoms with Gasteiger partial charge in [0, 0.05) is 49.7 Å². The van der Waals surface area contributed by atoms with Crippen LogP contribution in [-0.2, 0) is 7.05 Å². The van der Waals surface area contributed by atoms with Crippen molar-refractivity contribution in [1.29, 1.82) is 0 Å². The maximum Gasteiger partial charge on any atom is 0.250 e. The molecule has 0 bridgehead atoms. The van der Waals surface area contributed by atoms with Crippen molar-refractivity contribution in [2.24, 2.45) is 7.05 Å². The van der Waals surface area contributed by atoms with E-state index >= 15 is 0 Å². The van der Waals surface area contributed by atoms with Gasteiger partial charge in [-0.15, -0.1) is 0 Å². The Morgan fingerprint density at radius 1 is 1.16 bits per heavy atom. The standard InChI is InChI=1S/C23H26FN7O/c1-14-8-9-26-23(21(14)24)32-17-6-4-16(5-7-17)31-19-10-20(25-2)27-12-18(19)22(29-31)15-11-28-30(3)13-15/h8-13,16-17H,4-7H2,1-3H3,(H,25,27). The molecule has 1 aliphatic rings. The zero-order valence-corrected chi connectivity index (χ0v) is 18.4. The van der Waals surface area contributed by atoms with Crippen LogP contribution < -0.4 is 10.1 Å². The number of hydrogen-bond acceptors (Lipinski definition) is 6. The molecule has 0 aromatic carbocycles. The predicted molar refractivity (Wildman–Crippen MR) is 120 cm³/mol. The van der Waals surface area contributed by atoms with Crippen LogP contribution in [0.2, 0.25) is 0 Å². The predicted octanol–water partition coefficient (Wildman–Crippen LogP) is 4.28. The Morgan fingerprint density at radius 3 is 2.69 bits per heavy atom. The van der Waals surface area contributed by atoms with Crippen LogP contribution in [0.25, 0.3) is 22.2 Å². The minimum atomic E-state index is -0.374. The first-order chi connectivity index (χ1) is 15.5. The van der Waals surface area contributed by atoms with Crippen LogP contribution in [0.3, 0.4) is 0 Å². The second-order valence-corrected chi connectivity index (χ2v) is 8.33. The molecular weight excluding hydrogens is 409 g/mol. The van der Waals surface area contributed by atoms with Crippen LogP contribution in [0.1, 0.15) is 37.3 Å². The molecule has 4 aromatic rings. The fourth-order valence-electron chi connectivity index (χ4n) is 4.37. The highest BCUT2D eigenvalue weighted by molar-refractivity contribution is 5.93. The molecule has 4 heterocycles. The van der Waals surface area contributed by atoms with Gasteiger partial charge in [-0.2, -0.15) is 10.2 Å². The van der Waals surface area contributed by atoms with Crippen LogP contribution in [0.5, 0.6) is 5.88 Å². The van der Waals surface area contributed by atoms with E-state index in [2.05, 4.69) is 25.1 Å². The van der Waals surface area contributed by atoms with Crippen molar-refractivity contribution < 1.29 is 9.13 Å². The summed E-state index contributed by atoms with van der Waals surface area (Å²) in [6.45, 7) is 1.72. The number of aryl methyl sites for hydroxylation is 2. The molecule has 0 unspecified atom stereocenters. The van der Waals surface area contributed by atoms with E-state index in [-0.39, 0.29) is 23.8 Å². The highest BCUT2D eigenvalue weighted by Crippen LogP contribution is 2.36. The first-order valence-electron chi connectivity index (χ1n) is 10.9. The quantitative estimate of drug-likeness (QED) is 0.504. The highest BCUT2D eigenvalue weighted by atomic mass is 19.1. The summed E-state index contributed by atoms with van der Waals surface area (Å²) in [6.07, 6.45) is 10.6. The Hall–Kier alpha value is -3.49. The van der Waals surface area contributed by atoms with E-state index in [1.54, 1.807) is 23.9 Å². The molecule has 4 aromatic heterocycles. The van der Waals surface area contributed by atoms with E-state index in [9.17, 15) is 4.39 Å². The van der Waals surface area contributed by atoms with Crippen molar-refractivity contribution in [2.45, 2.75) is 44.8 Å². The van der Waals surface area contributed by atoms with Gasteiger partial charge in [-0.1, -0.05) is 0 Å². The van der Waals surface area contributed by atoms with E-state index in [0.717, 1.165) is 53.7 Å². The summed E-state index contributed by atoms with van der Waals surface area (Å²) in [4.78, 5) is 8.57. The first kappa shape index (κ1) is 20.4. The van der Waals surface area contributed by atoms with Crippen LogP contribution in [0.4, 0.5) is 10.2 Å². The van der Waals surface area contributed by atoms with Crippen molar-refractivity contribution in [1.82, 2.24) is 29.5 Å². The van der Waals surface area contributed by atoms with E-state index < -0.39 is 0 Å². The molecule has 9 heteroatoms. The molecule has 0 aliphatic heterocycles. The molecule has 1 aliphatic carbocycles. The molecule has 0 radical (unpaired) electrons. The fourth-order valence-corrected chi connectivity index (χ4v) is 4.37.